The summed E-state index contributed by atoms with van der Waals surface area (Å²) < 4.78 is 5.81. The number of nitrogens with zero attached hydrogens (tertiary/aromatic N) is 4. The van der Waals surface area contributed by atoms with Crippen molar-refractivity contribution in [3.05, 3.63) is 80.4 Å². The molecule has 8 nitrogen and oxygen atoms in total. The normalized spacial score (nSPS) is 16.4. The third-order valence-corrected chi connectivity index (χ3v) is 6.12. The van der Waals surface area contributed by atoms with Crippen LogP contribution in [0.3, 0.4) is 0 Å². The van der Waals surface area contributed by atoms with Crippen molar-refractivity contribution < 1.29 is 14.1 Å². The molecule has 0 N–H and O–H groups in total. The standard InChI is InChI=1S/C20H13ClN4O4S2/c1-2-8-24-18(26)17(31-20(24)23-19-22-7-9-30-19)11-13-4-6-16(29-13)14-5-3-12(25(27)28)10-15(14)21/h2-7,9-11H,1,8H2/b17-11+,23-20+. The second kappa shape index (κ2) is 8.88. The number of rotatable bonds is 6. The molecule has 1 saturated heterocycles. The van der Waals surface area contributed by atoms with E-state index in [0.29, 0.717) is 38.8 Å². The van der Waals surface area contributed by atoms with Gasteiger partial charge >= 0.3 is 0 Å². The van der Waals surface area contributed by atoms with Gasteiger partial charge in [0.25, 0.3) is 11.6 Å². The fourth-order valence-corrected chi connectivity index (χ4v) is 4.56. The molecule has 1 aliphatic heterocycles. The Kier molecular flexibility index (Phi) is 6.03. The van der Waals surface area contributed by atoms with Gasteiger partial charge in [0, 0.05) is 41.9 Å². The lowest BCUT2D eigenvalue weighted by Gasteiger charge is -2.11. The Morgan fingerprint density at radius 2 is 2.19 bits per heavy atom. The Morgan fingerprint density at radius 3 is 2.87 bits per heavy atom. The number of furan rings is 1. The van der Waals surface area contributed by atoms with Gasteiger partial charge in [-0.25, -0.2) is 4.98 Å². The van der Waals surface area contributed by atoms with E-state index in [1.165, 1.54) is 46.2 Å². The highest BCUT2D eigenvalue weighted by atomic mass is 35.5. The van der Waals surface area contributed by atoms with Gasteiger partial charge < -0.3 is 4.42 Å². The SMILES string of the molecule is C=CCN1C(=O)/C(=C\c2ccc(-c3ccc([N+](=O)[O-])cc3Cl)o2)S/C1=N/c1nccs1. The van der Waals surface area contributed by atoms with Crippen LogP contribution in [0, 0.1) is 10.1 Å². The number of halogens is 1. The summed E-state index contributed by atoms with van der Waals surface area (Å²) in [6.07, 6.45) is 4.89. The molecule has 0 aliphatic carbocycles. The highest BCUT2D eigenvalue weighted by molar-refractivity contribution is 8.18. The minimum absolute atomic E-state index is 0.107. The third kappa shape index (κ3) is 4.46. The number of thiazole rings is 1. The first kappa shape index (κ1) is 21.0. The van der Waals surface area contributed by atoms with Crippen LogP contribution < -0.4 is 0 Å². The second-order valence-corrected chi connectivity index (χ2v) is 8.44. The van der Waals surface area contributed by atoms with Gasteiger partial charge in [0.2, 0.25) is 5.13 Å². The Balaban J connectivity index is 1.62. The fourth-order valence-electron chi connectivity index (χ4n) is 2.76. The fraction of sp³-hybridized carbons (Fsp3) is 0.0500. The van der Waals surface area contributed by atoms with Crippen LogP contribution in [0.1, 0.15) is 5.76 Å². The zero-order valence-electron chi connectivity index (χ0n) is 15.7. The number of hydrogen-bond acceptors (Lipinski definition) is 8. The molecule has 4 rings (SSSR count). The molecule has 0 saturated carbocycles. The van der Waals surface area contributed by atoms with Crippen LogP contribution >= 0.6 is 34.7 Å². The van der Waals surface area contributed by atoms with Gasteiger partial charge in [-0.3, -0.25) is 19.8 Å². The molecule has 1 amide bonds. The molecule has 1 aromatic carbocycles. The number of non-ortho nitro benzene ring substituents is 1. The minimum atomic E-state index is -0.517. The van der Waals surface area contributed by atoms with Crippen molar-refractivity contribution in [1.29, 1.82) is 0 Å². The minimum Gasteiger partial charge on any atom is -0.457 e. The van der Waals surface area contributed by atoms with Crippen LogP contribution in [0.2, 0.25) is 5.02 Å². The molecule has 11 heteroatoms. The summed E-state index contributed by atoms with van der Waals surface area (Å²) >= 11 is 8.77. The summed E-state index contributed by atoms with van der Waals surface area (Å²) in [5.74, 6) is 0.655. The molecule has 3 aromatic rings. The Morgan fingerprint density at radius 1 is 1.35 bits per heavy atom. The number of amides is 1. The smallest absolute Gasteiger partial charge is 0.270 e. The van der Waals surface area contributed by atoms with Crippen molar-refractivity contribution in [3.8, 4) is 11.3 Å². The van der Waals surface area contributed by atoms with Crippen molar-refractivity contribution in [3.63, 3.8) is 0 Å². The molecule has 1 aliphatic rings. The lowest BCUT2D eigenvalue weighted by Crippen LogP contribution is -2.29. The summed E-state index contributed by atoms with van der Waals surface area (Å²) in [4.78, 5) is 33.7. The van der Waals surface area contributed by atoms with E-state index >= 15 is 0 Å². The van der Waals surface area contributed by atoms with Crippen LogP contribution in [0.5, 0.6) is 0 Å². The van der Waals surface area contributed by atoms with E-state index < -0.39 is 4.92 Å². The number of hydrogen-bond donors (Lipinski definition) is 0. The number of nitro groups is 1. The molecule has 0 atom stereocenters. The van der Waals surface area contributed by atoms with E-state index in [9.17, 15) is 14.9 Å². The molecule has 0 spiro atoms. The van der Waals surface area contributed by atoms with Crippen molar-refractivity contribution in [1.82, 2.24) is 9.88 Å². The van der Waals surface area contributed by atoms with Crippen LogP contribution in [0.15, 0.2) is 68.9 Å². The number of carbonyl (C=O) groups is 1. The lowest BCUT2D eigenvalue weighted by atomic mass is 10.1. The molecule has 0 radical (unpaired) electrons. The summed E-state index contributed by atoms with van der Waals surface area (Å²) in [5, 5.41) is 14.0. The maximum Gasteiger partial charge on any atom is 0.270 e. The first-order valence-corrected chi connectivity index (χ1v) is 10.9. The van der Waals surface area contributed by atoms with Crippen molar-refractivity contribution in [2.75, 3.05) is 6.54 Å². The van der Waals surface area contributed by atoms with Gasteiger partial charge in [0.05, 0.1) is 14.9 Å². The van der Waals surface area contributed by atoms with Gasteiger partial charge in [-0.05, 0) is 30.0 Å². The zero-order chi connectivity index (χ0) is 22.0. The lowest BCUT2D eigenvalue weighted by molar-refractivity contribution is -0.384. The molecule has 0 bridgehead atoms. The average molecular weight is 473 g/mol. The zero-order valence-corrected chi connectivity index (χ0v) is 18.1. The van der Waals surface area contributed by atoms with Gasteiger partial charge in [-0.15, -0.1) is 17.9 Å². The van der Waals surface area contributed by atoms with Crippen molar-refractivity contribution >= 4 is 62.7 Å². The molecule has 156 valence electrons. The third-order valence-electron chi connectivity index (χ3n) is 4.14. The summed E-state index contributed by atoms with van der Waals surface area (Å²) in [6.45, 7) is 4.01. The predicted octanol–water partition coefficient (Wildman–Crippen LogP) is 5.75. The average Bonchev–Trinajstić information content (AvgIpc) is 3.47. The van der Waals surface area contributed by atoms with Crippen LogP contribution in [0.4, 0.5) is 10.8 Å². The molecule has 1 fully saturated rings. The quantitative estimate of drug-likeness (QED) is 0.196. The molecule has 0 unspecified atom stereocenters. The van der Waals surface area contributed by atoms with E-state index in [-0.39, 0.29) is 16.6 Å². The largest absolute Gasteiger partial charge is 0.457 e. The van der Waals surface area contributed by atoms with Crippen molar-refractivity contribution in [2.24, 2.45) is 4.99 Å². The second-order valence-electron chi connectivity index (χ2n) is 6.15. The van der Waals surface area contributed by atoms with E-state index in [2.05, 4.69) is 16.6 Å². The van der Waals surface area contributed by atoms with Crippen LogP contribution in [0.25, 0.3) is 17.4 Å². The summed E-state index contributed by atoms with van der Waals surface area (Å²) in [7, 11) is 0. The van der Waals surface area contributed by atoms with E-state index in [1.54, 1.807) is 30.5 Å². The number of aromatic nitrogens is 1. The van der Waals surface area contributed by atoms with Crippen LogP contribution in [-0.4, -0.2) is 32.4 Å². The number of thioether (sulfide) groups is 1. The van der Waals surface area contributed by atoms with E-state index in [0.717, 1.165) is 0 Å². The van der Waals surface area contributed by atoms with Gasteiger partial charge in [-0.2, -0.15) is 4.99 Å². The maximum absolute atomic E-state index is 12.8. The number of carbonyl (C=O) groups excluding carboxylic acids is 1. The number of amidine groups is 1. The molecule has 31 heavy (non-hydrogen) atoms. The van der Waals surface area contributed by atoms with Gasteiger partial charge in [-0.1, -0.05) is 17.7 Å². The van der Waals surface area contributed by atoms with E-state index in [4.69, 9.17) is 16.0 Å². The first-order chi connectivity index (χ1) is 15.0. The Hall–Kier alpha value is -3.21. The van der Waals surface area contributed by atoms with Gasteiger partial charge in [0.1, 0.15) is 11.5 Å². The number of aliphatic imine (C=N–C) groups is 1. The highest BCUT2D eigenvalue weighted by Gasteiger charge is 2.33. The monoisotopic (exact) mass is 472 g/mol. The van der Waals surface area contributed by atoms with Crippen LogP contribution in [-0.2, 0) is 4.79 Å². The molecule has 3 heterocycles. The Labute approximate surface area is 189 Å². The molecule has 2 aromatic heterocycles. The summed E-state index contributed by atoms with van der Waals surface area (Å²) in [6, 6.07) is 7.53. The topological polar surface area (TPSA) is 102 Å². The maximum atomic E-state index is 12.8. The molecular weight excluding hydrogens is 460 g/mol. The first-order valence-electron chi connectivity index (χ1n) is 8.81. The Bertz CT molecular complexity index is 1230. The number of benzene rings is 1. The summed E-state index contributed by atoms with van der Waals surface area (Å²) in [5.41, 5.74) is 0.409. The number of nitro benzene ring substituents is 1. The highest BCUT2D eigenvalue weighted by Crippen LogP contribution is 2.36. The van der Waals surface area contributed by atoms with Crippen molar-refractivity contribution in [2.45, 2.75) is 0 Å². The predicted molar refractivity (Wildman–Crippen MR) is 122 cm³/mol. The van der Waals surface area contributed by atoms with Gasteiger partial charge in [0.15, 0.2) is 5.17 Å². The molecular formula is C20H13ClN4O4S2. The van der Waals surface area contributed by atoms with E-state index in [1.807, 2.05) is 5.38 Å².